The van der Waals surface area contributed by atoms with Gasteiger partial charge in [0.15, 0.2) is 0 Å². The second-order valence-electron chi connectivity index (χ2n) is 8.71. The van der Waals surface area contributed by atoms with Gasteiger partial charge in [0, 0.05) is 32.7 Å². The summed E-state index contributed by atoms with van der Waals surface area (Å²) in [4.78, 5) is 2.41. The van der Waals surface area contributed by atoms with E-state index < -0.39 is 16.1 Å². The van der Waals surface area contributed by atoms with E-state index in [2.05, 4.69) is 36.1 Å². The third kappa shape index (κ3) is 6.11. The first-order valence-corrected chi connectivity index (χ1v) is 13.1. The van der Waals surface area contributed by atoms with Crippen molar-refractivity contribution in [3.05, 3.63) is 102 Å². The Balaban J connectivity index is 1.32. The predicted molar refractivity (Wildman–Crippen MR) is 133 cm³/mol. The number of β-amino-alcohol motifs (C(OH)–C–C–N with tert-alkyl or cyclic N) is 1. The van der Waals surface area contributed by atoms with Gasteiger partial charge in [0.05, 0.1) is 17.6 Å². The number of hydrogen-bond donors (Lipinski definition) is 1. The number of aliphatic hydroxyl groups excluding tert-OH is 1. The van der Waals surface area contributed by atoms with E-state index in [9.17, 15) is 13.5 Å². The molecule has 2 atom stereocenters. The quantitative estimate of drug-likeness (QED) is 0.508. The first kappa shape index (κ1) is 24.6. The van der Waals surface area contributed by atoms with E-state index in [0.717, 1.165) is 11.1 Å². The van der Waals surface area contributed by atoms with Gasteiger partial charge in [-0.25, -0.2) is 8.42 Å². The molecule has 2 unspecified atom stereocenters. The number of sulfonamides is 1. The molecule has 180 valence electrons. The van der Waals surface area contributed by atoms with Gasteiger partial charge in [0.25, 0.3) is 0 Å². The molecule has 1 heterocycles. The van der Waals surface area contributed by atoms with Gasteiger partial charge in [-0.05, 0) is 30.2 Å². The topological polar surface area (TPSA) is 70.1 Å². The Morgan fingerprint density at radius 2 is 1.38 bits per heavy atom. The smallest absolute Gasteiger partial charge is 0.243 e. The van der Waals surface area contributed by atoms with Gasteiger partial charge in [-0.1, -0.05) is 78.4 Å². The Morgan fingerprint density at radius 3 is 2.00 bits per heavy atom. The van der Waals surface area contributed by atoms with Gasteiger partial charge in [0.2, 0.25) is 10.0 Å². The lowest BCUT2D eigenvalue weighted by atomic mass is 10.0. The zero-order valence-corrected chi connectivity index (χ0v) is 20.3. The monoisotopic (exact) mass is 480 g/mol. The molecule has 1 saturated heterocycles. The summed E-state index contributed by atoms with van der Waals surface area (Å²) in [5.41, 5.74) is 3.27. The molecule has 0 amide bonds. The number of aliphatic hydroxyl groups is 1. The minimum Gasteiger partial charge on any atom is -0.389 e. The van der Waals surface area contributed by atoms with Crippen LogP contribution in [0.1, 0.15) is 22.8 Å². The molecule has 0 bridgehead atoms. The van der Waals surface area contributed by atoms with Crippen LogP contribution in [0.2, 0.25) is 0 Å². The Kier molecular flexibility index (Phi) is 8.13. The SMILES string of the molecule is Cc1ccc(C(OCC(O)CN2CCN(S(=O)(=O)c3ccccc3)CC2)c2ccccc2)cc1. The van der Waals surface area contributed by atoms with Crippen molar-refractivity contribution >= 4 is 10.0 Å². The molecule has 4 rings (SSSR count). The summed E-state index contributed by atoms with van der Waals surface area (Å²) in [6.07, 6.45) is -0.932. The third-order valence-corrected chi connectivity index (χ3v) is 8.03. The Morgan fingerprint density at radius 1 is 0.824 bits per heavy atom. The first-order valence-electron chi connectivity index (χ1n) is 11.6. The van der Waals surface area contributed by atoms with Crippen LogP contribution in [-0.2, 0) is 14.8 Å². The van der Waals surface area contributed by atoms with Crippen LogP contribution in [0, 0.1) is 6.92 Å². The highest BCUT2D eigenvalue weighted by molar-refractivity contribution is 7.89. The summed E-state index contributed by atoms with van der Waals surface area (Å²) in [6, 6.07) is 26.8. The van der Waals surface area contributed by atoms with Crippen LogP contribution in [0.25, 0.3) is 0 Å². The average molecular weight is 481 g/mol. The van der Waals surface area contributed by atoms with Gasteiger partial charge < -0.3 is 9.84 Å². The summed E-state index contributed by atoms with van der Waals surface area (Å²) in [5.74, 6) is 0. The van der Waals surface area contributed by atoms with E-state index in [1.165, 1.54) is 9.87 Å². The molecule has 3 aromatic rings. The first-order chi connectivity index (χ1) is 16.4. The lowest BCUT2D eigenvalue weighted by molar-refractivity contribution is -0.0117. The van der Waals surface area contributed by atoms with Crippen molar-refractivity contribution in [3.8, 4) is 0 Å². The van der Waals surface area contributed by atoms with Crippen LogP contribution in [0.15, 0.2) is 89.8 Å². The summed E-state index contributed by atoms with van der Waals surface area (Å²) in [6.45, 7) is 4.63. The fraction of sp³-hybridized carbons (Fsp3) is 0.333. The van der Waals surface area contributed by atoms with Crippen molar-refractivity contribution in [2.24, 2.45) is 0 Å². The van der Waals surface area contributed by atoms with Gasteiger partial charge >= 0.3 is 0 Å². The van der Waals surface area contributed by atoms with Crippen molar-refractivity contribution in [1.29, 1.82) is 0 Å². The van der Waals surface area contributed by atoms with Gasteiger partial charge in [-0.2, -0.15) is 4.31 Å². The fourth-order valence-electron chi connectivity index (χ4n) is 4.21. The van der Waals surface area contributed by atoms with Gasteiger partial charge in [-0.3, -0.25) is 4.90 Å². The number of ether oxygens (including phenoxy) is 1. The Labute approximate surface area is 202 Å². The highest BCUT2D eigenvalue weighted by Crippen LogP contribution is 2.26. The predicted octanol–water partition coefficient (Wildman–Crippen LogP) is 3.47. The van der Waals surface area contributed by atoms with E-state index in [0.29, 0.717) is 37.6 Å². The van der Waals surface area contributed by atoms with E-state index in [1.54, 1.807) is 24.3 Å². The van der Waals surface area contributed by atoms with Crippen LogP contribution in [-0.4, -0.2) is 68.2 Å². The second-order valence-corrected chi connectivity index (χ2v) is 10.6. The van der Waals surface area contributed by atoms with Crippen LogP contribution in [0.5, 0.6) is 0 Å². The van der Waals surface area contributed by atoms with E-state index in [1.807, 2.05) is 36.4 Å². The number of hydrogen-bond acceptors (Lipinski definition) is 5. The lowest BCUT2D eigenvalue weighted by Gasteiger charge is -2.35. The zero-order chi connectivity index (χ0) is 24.0. The molecule has 0 aliphatic carbocycles. The highest BCUT2D eigenvalue weighted by Gasteiger charge is 2.29. The van der Waals surface area contributed by atoms with Crippen LogP contribution >= 0.6 is 0 Å². The molecule has 0 spiro atoms. The average Bonchev–Trinajstić information content (AvgIpc) is 2.87. The van der Waals surface area contributed by atoms with E-state index in [4.69, 9.17) is 4.74 Å². The third-order valence-electron chi connectivity index (χ3n) is 6.12. The minimum atomic E-state index is -3.48. The Bertz CT molecular complexity index is 1130. The number of benzene rings is 3. The van der Waals surface area contributed by atoms with Crippen LogP contribution in [0.4, 0.5) is 0 Å². The van der Waals surface area contributed by atoms with Crippen molar-refractivity contribution in [2.75, 3.05) is 39.3 Å². The lowest BCUT2D eigenvalue weighted by Crippen LogP contribution is -2.50. The molecule has 0 aromatic heterocycles. The summed E-state index contributed by atoms with van der Waals surface area (Å²) < 4.78 is 33.4. The molecule has 0 saturated carbocycles. The fourth-order valence-corrected chi connectivity index (χ4v) is 5.65. The van der Waals surface area contributed by atoms with Crippen molar-refractivity contribution in [1.82, 2.24) is 9.21 Å². The minimum absolute atomic E-state index is 0.190. The van der Waals surface area contributed by atoms with E-state index >= 15 is 0 Å². The normalized spacial score (nSPS) is 17.4. The van der Waals surface area contributed by atoms with Crippen molar-refractivity contribution < 1.29 is 18.3 Å². The molecule has 7 heteroatoms. The maximum Gasteiger partial charge on any atom is 0.243 e. The molecular formula is C27H32N2O4S. The van der Waals surface area contributed by atoms with Gasteiger partial charge in [0.1, 0.15) is 6.10 Å². The van der Waals surface area contributed by atoms with Crippen molar-refractivity contribution in [3.63, 3.8) is 0 Å². The Hall–Kier alpha value is -2.55. The largest absolute Gasteiger partial charge is 0.389 e. The molecule has 34 heavy (non-hydrogen) atoms. The summed E-state index contributed by atoms with van der Waals surface area (Å²) >= 11 is 0. The molecule has 3 aromatic carbocycles. The number of rotatable bonds is 9. The summed E-state index contributed by atoms with van der Waals surface area (Å²) in [7, 11) is -3.48. The van der Waals surface area contributed by atoms with Crippen LogP contribution in [0.3, 0.4) is 0 Å². The summed E-state index contributed by atoms with van der Waals surface area (Å²) in [5, 5.41) is 10.7. The maximum absolute atomic E-state index is 12.8. The number of aryl methyl sites for hydroxylation is 1. The molecule has 6 nitrogen and oxygen atoms in total. The molecule has 1 N–H and O–H groups in total. The maximum atomic E-state index is 12.8. The molecule has 1 aliphatic heterocycles. The number of piperazine rings is 1. The van der Waals surface area contributed by atoms with Crippen LogP contribution < -0.4 is 0 Å². The standard InChI is InChI=1S/C27H32N2O4S/c1-22-12-14-24(15-13-22)27(23-8-4-2-5-9-23)33-21-25(30)20-28-16-18-29(19-17-28)34(31,32)26-10-6-3-7-11-26/h2-15,25,27,30H,16-21H2,1H3. The highest BCUT2D eigenvalue weighted by atomic mass is 32.2. The second kappa shape index (κ2) is 11.3. The number of nitrogens with zero attached hydrogens (tertiary/aromatic N) is 2. The van der Waals surface area contributed by atoms with E-state index in [-0.39, 0.29) is 12.7 Å². The zero-order valence-electron chi connectivity index (χ0n) is 19.5. The van der Waals surface area contributed by atoms with Gasteiger partial charge in [-0.15, -0.1) is 0 Å². The molecule has 1 fully saturated rings. The van der Waals surface area contributed by atoms with Crippen molar-refractivity contribution in [2.45, 2.75) is 24.0 Å². The molecule has 1 aliphatic rings. The molecular weight excluding hydrogens is 448 g/mol. The molecule has 0 radical (unpaired) electrons.